The van der Waals surface area contributed by atoms with Crippen LogP contribution in [0.3, 0.4) is 0 Å². The largest absolute Gasteiger partial charge is 0.354 e. The van der Waals surface area contributed by atoms with Gasteiger partial charge in [-0.15, -0.1) is 0 Å². The van der Waals surface area contributed by atoms with E-state index in [0.29, 0.717) is 25.6 Å². The van der Waals surface area contributed by atoms with E-state index in [0.717, 1.165) is 39.8 Å². The maximum atomic E-state index is 11.8. The van der Waals surface area contributed by atoms with E-state index in [1.165, 1.54) is 5.56 Å². The van der Waals surface area contributed by atoms with E-state index in [1.807, 2.05) is 31.7 Å². The molecule has 2 N–H and O–H groups in total. The predicted octanol–water partition coefficient (Wildman–Crippen LogP) is 3.01. The first kappa shape index (κ1) is 20.1. The first-order chi connectivity index (χ1) is 15.5. The lowest BCUT2D eigenvalue weighted by atomic mass is 10.0. The third kappa shape index (κ3) is 4.45. The number of hydrogen-bond acceptors (Lipinski definition) is 6. The van der Waals surface area contributed by atoms with Crippen LogP contribution in [-0.2, 0) is 18.4 Å². The second-order valence-corrected chi connectivity index (χ2v) is 8.26. The number of fused-ring (bicyclic) bond motifs is 1. The van der Waals surface area contributed by atoms with Crippen LogP contribution >= 0.6 is 0 Å². The fraction of sp³-hybridized carbons (Fsp3) is 0.250. The fourth-order valence-corrected chi connectivity index (χ4v) is 4.02. The van der Waals surface area contributed by atoms with Gasteiger partial charge in [-0.25, -0.2) is 9.97 Å². The number of nitrogens with one attached hydrogen (secondary N) is 2. The lowest BCUT2D eigenvalue weighted by Crippen LogP contribution is -2.47. The van der Waals surface area contributed by atoms with E-state index >= 15 is 0 Å². The number of piperazine rings is 1. The van der Waals surface area contributed by atoms with E-state index in [2.05, 4.69) is 67.9 Å². The highest BCUT2D eigenvalue weighted by Gasteiger charge is 2.17. The summed E-state index contributed by atoms with van der Waals surface area (Å²) >= 11 is 0. The minimum absolute atomic E-state index is 0.0674. The molecule has 0 spiro atoms. The van der Waals surface area contributed by atoms with Crippen LogP contribution in [0.2, 0.25) is 0 Å². The molecule has 0 bridgehead atoms. The van der Waals surface area contributed by atoms with Crippen LogP contribution in [-0.4, -0.2) is 50.2 Å². The van der Waals surface area contributed by atoms with Gasteiger partial charge in [0.25, 0.3) is 0 Å². The first-order valence-electron chi connectivity index (χ1n) is 10.6. The quantitative estimate of drug-likeness (QED) is 0.509. The summed E-state index contributed by atoms with van der Waals surface area (Å²) < 4.78 is 1.79. The molecule has 1 aliphatic rings. The number of aryl methyl sites for hydroxylation is 2. The number of benzene rings is 2. The third-order valence-corrected chi connectivity index (χ3v) is 5.55. The molecule has 3 heterocycles. The molecule has 5 rings (SSSR count). The summed E-state index contributed by atoms with van der Waals surface area (Å²) in [6.45, 7) is 4.67. The van der Waals surface area contributed by atoms with Gasteiger partial charge in [-0.2, -0.15) is 5.10 Å². The molecule has 2 aromatic carbocycles. The molecule has 0 aliphatic carbocycles. The summed E-state index contributed by atoms with van der Waals surface area (Å²) in [6, 6.07) is 12.5. The van der Waals surface area contributed by atoms with Crippen LogP contribution in [0.1, 0.15) is 11.1 Å². The summed E-state index contributed by atoms with van der Waals surface area (Å²) in [6.07, 6.45) is 5.69. The van der Waals surface area contributed by atoms with E-state index < -0.39 is 0 Å². The Balaban J connectivity index is 1.47. The molecule has 162 valence electrons. The molecule has 8 heteroatoms. The Labute approximate surface area is 186 Å². The third-order valence-electron chi connectivity index (χ3n) is 5.55. The molecular weight excluding hydrogens is 402 g/mol. The second kappa shape index (κ2) is 8.39. The Morgan fingerprint density at radius 2 is 2.03 bits per heavy atom. The molecule has 0 atom stereocenters. The predicted molar refractivity (Wildman–Crippen MR) is 124 cm³/mol. The Bertz CT molecular complexity index is 1300. The van der Waals surface area contributed by atoms with Crippen LogP contribution in [0.5, 0.6) is 0 Å². The molecule has 0 radical (unpaired) electrons. The maximum Gasteiger partial charge on any atom is 0.234 e. The zero-order valence-electron chi connectivity index (χ0n) is 18.2. The molecule has 1 saturated heterocycles. The van der Waals surface area contributed by atoms with Crippen LogP contribution in [0.25, 0.3) is 22.0 Å². The van der Waals surface area contributed by atoms with Crippen molar-refractivity contribution in [3.05, 3.63) is 66.1 Å². The van der Waals surface area contributed by atoms with Gasteiger partial charge in [0.15, 0.2) is 0 Å². The van der Waals surface area contributed by atoms with Crippen molar-refractivity contribution in [1.29, 1.82) is 0 Å². The summed E-state index contributed by atoms with van der Waals surface area (Å²) in [7, 11) is 1.91. The van der Waals surface area contributed by atoms with Gasteiger partial charge in [-0.3, -0.25) is 14.4 Å². The zero-order valence-corrected chi connectivity index (χ0v) is 18.2. The topological polar surface area (TPSA) is 88.0 Å². The number of rotatable bonds is 5. The Morgan fingerprint density at radius 3 is 2.84 bits per heavy atom. The molecule has 4 aromatic rings. The maximum absolute atomic E-state index is 11.8. The highest BCUT2D eigenvalue weighted by molar-refractivity contribution is 5.80. The van der Waals surface area contributed by atoms with Crippen molar-refractivity contribution in [2.45, 2.75) is 13.5 Å². The summed E-state index contributed by atoms with van der Waals surface area (Å²) in [5.41, 5.74) is 6.17. The molecular formula is C24H25N7O. The van der Waals surface area contributed by atoms with Crippen molar-refractivity contribution < 1.29 is 4.79 Å². The molecule has 32 heavy (non-hydrogen) atoms. The standard InChI is InChI=1S/C24H25N7O/c1-16-3-4-22-19(7-16)11-26-24(29-22)28-21-9-17(13-31-6-5-25-23(32)15-31)8-18(10-21)20-12-27-30(2)14-20/h3-4,7-12,14H,5-6,13,15H2,1-2H3,(H,25,32)(H,26,28,29). The number of carbonyl (C=O) groups excluding carboxylic acids is 1. The van der Waals surface area contributed by atoms with E-state index in [-0.39, 0.29) is 5.91 Å². The van der Waals surface area contributed by atoms with Crippen molar-refractivity contribution in [3.8, 4) is 11.1 Å². The van der Waals surface area contributed by atoms with Gasteiger partial charge in [0.2, 0.25) is 11.9 Å². The van der Waals surface area contributed by atoms with Crippen molar-refractivity contribution in [2.24, 2.45) is 7.05 Å². The van der Waals surface area contributed by atoms with Crippen molar-refractivity contribution >= 4 is 28.4 Å². The van der Waals surface area contributed by atoms with Gasteiger partial charge in [-0.05, 0) is 48.4 Å². The molecule has 8 nitrogen and oxygen atoms in total. The average molecular weight is 428 g/mol. The number of carbonyl (C=O) groups is 1. The molecule has 1 aliphatic heterocycles. The second-order valence-electron chi connectivity index (χ2n) is 8.26. The van der Waals surface area contributed by atoms with Gasteiger partial charge in [0, 0.05) is 55.7 Å². The van der Waals surface area contributed by atoms with E-state index in [4.69, 9.17) is 0 Å². The number of nitrogens with zero attached hydrogens (tertiary/aromatic N) is 5. The fourth-order valence-electron chi connectivity index (χ4n) is 4.02. The Hall–Kier alpha value is -3.78. The average Bonchev–Trinajstić information content (AvgIpc) is 3.20. The van der Waals surface area contributed by atoms with Crippen LogP contribution < -0.4 is 10.6 Å². The van der Waals surface area contributed by atoms with Gasteiger partial charge >= 0.3 is 0 Å². The number of amides is 1. The SMILES string of the molecule is Cc1ccc2nc(Nc3cc(CN4CCNC(=O)C4)cc(-c4cnn(C)c4)c3)ncc2c1. The Morgan fingerprint density at radius 1 is 1.12 bits per heavy atom. The molecule has 1 fully saturated rings. The normalized spacial score (nSPS) is 14.5. The Kier molecular flexibility index (Phi) is 5.28. The van der Waals surface area contributed by atoms with Gasteiger partial charge < -0.3 is 10.6 Å². The van der Waals surface area contributed by atoms with Crippen LogP contribution in [0.4, 0.5) is 11.6 Å². The van der Waals surface area contributed by atoms with E-state index in [1.54, 1.807) is 4.68 Å². The number of aromatic nitrogens is 4. The zero-order chi connectivity index (χ0) is 22.1. The van der Waals surface area contributed by atoms with Crippen LogP contribution in [0, 0.1) is 6.92 Å². The van der Waals surface area contributed by atoms with E-state index in [9.17, 15) is 4.79 Å². The first-order valence-corrected chi connectivity index (χ1v) is 10.6. The lowest BCUT2D eigenvalue weighted by Gasteiger charge is -2.26. The summed E-state index contributed by atoms with van der Waals surface area (Å²) in [4.78, 5) is 23.1. The van der Waals surface area contributed by atoms with Gasteiger partial charge in [0.1, 0.15) is 0 Å². The molecule has 0 saturated carbocycles. The minimum atomic E-state index is 0.0674. The van der Waals surface area contributed by atoms with Crippen molar-refractivity contribution in [1.82, 2.24) is 30.0 Å². The highest BCUT2D eigenvalue weighted by atomic mass is 16.2. The number of anilines is 2. The monoisotopic (exact) mass is 427 g/mol. The molecule has 2 aromatic heterocycles. The molecule has 1 amide bonds. The van der Waals surface area contributed by atoms with Crippen molar-refractivity contribution in [3.63, 3.8) is 0 Å². The minimum Gasteiger partial charge on any atom is -0.354 e. The van der Waals surface area contributed by atoms with Gasteiger partial charge in [-0.1, -0.05) is 11.6 Å². The van der Waals surface area contributed by atoms with Crippen LogP contribution in [0.15, 0.2) is 55.0 Å². The molecule has 0 unspecified atom stereocenters. The summed E-state index contributed by atoms with van der Waals surface area (Å²) in [5.74, 6) is 0.616. The summed E-state index contributed by atoms with van der Waals surface area (Å²) in [5, 5.41) is 11.6. The number of hydrogen-bond donors (Lipinski definition) is 2. The van der Waals surface area contributed by atoms with Crippen molar-refractivity contribution in [2.75, 3.05) is 25.0 Å². The highest BCUT2D eigenvalue weighted by Crippen LogP contribution is 2.27. The lowest BCUT2D eigenvalue weighted by molar-refractivity contribution is -0.124. The smallest absolute Gasteiger partial charge is 0.234 e. The van der Waals surface area contributed by atoms with Gasteiger partial charge in [0.05, 0.1) is 18.3 Å².